The van der Waals surface area contributed by atoms with Crippen molar-refractivity contribution in [2.45, 2.75) is 13.8 Å². The molecule has 0 radical (unpaired) electrons. The van der Waals surface area contributed by atoms with Crippen LogP contribution in [0, 0.1) is 13.8 Å². The first-order valence-electron chi connectivity index (χ1n) is 8.41. The van der Waals surface area contributed by atoms with E-state index in [0.29, 0.717) is 6.61 Å². The fourth-order valence-electron chi connectivity index (χ4n) is 2.61. The van der Waals surface area contributed by atoms with Gasteiger partial charge in [-0.2, -0.15) is 5.10 Å². The molecule has 0 spiro atoms. The van der Waals surface area contributed by atoms with E-state index in [9.17, 15) is 9.59 Å². The predicted octanol–water partition coefficient (Wildman–Crippen LogP) is 1.32. The third kappa shape index (κ3) is 5.18. The number of aromatic nitrogens is 1. The van der Waals surface area contributed by atoms with Crippen LogP contribution in [0.15, 0.2) is 35.4 Å². The SMILES string of the molecule is COCCNC(=O)C(=O)N/N=C\c1cc(C)n(-c2ccc(OC)cc2)c1C. The van der Waals surface area contributed by atoms with Gasteiger partial charge in [-0.3, -0.25) is 9.59 Å². The zero-order chi connectivity index (χ0) is 19.8. The summed E-state index contributed by atoms with van der Waals surface area (Å²) in [6.45, 7) is 4.53. The molecule has 0 aliphatic heterocycles. The molecular formula is C19H24N4O4. The smallest absolute Gasteiger partial charge is 0.329 e. The molecule has 27 heavy (non-hydrogen) atoms. The Morgan fingerprint density at radius 1 is 1.15 bits per heavy atom. The Hall–Kier alpha value is -3.13. The Balaban J connectivity index is 2.06. The molecule has 0 saturated carbocycles. The number of nitrogens with one attached hydrogen (secondary N) is 2. The average Bonchev–Trinajstić information content (AvgIpc) is 2.95. The maximum absolute atomic E-state index is 11.7. The lowest BCUT2D eigenvalue weighted by molar-refractivity contribution is -0.139. The number of methoxy groups -OCH3 is 2. The third-order valence-corrected chi connectivity index (χ3v) is 3.97. The molecule has 2 amide bonds. The van der Waals surface area contributed by atoms with E-state index in [-0.39, 0.29) is 6.54 Å². The molecule has 0 unspecified atom stereocenters. The van der Waals surface area contributed by atoms with E-state index in [0.717, 1.165) is 28.4 Å². The molecule has 0 fully saturated rings. The van der Waals surface area contributed by atoms with E-state index in [1.807, 2.05) is 44.2 Å². The number of nitrogens with zero attached hydrogens (tertiary/aromatic N) is 2. The number of aryl methyl sites for hydroxylation is 1. The highest BCUT2D eigenvalue weighted by Gasteiger charge is 2.12. The van der Waals surface area contributed by atoms with Gasteiger partial charge in [0, 0.05) is 36.3 Å². The Labute approximate surface area is 158 Å². The molecule has 1 heterocycles. The average molecular weight is 372 g/mol. The molecular weight excluding hydrogens is 348 g/mol. The van der Waals surface area contributed by atoms with Crippen LogP contribution >= 0.6 is 0 Å². The van der Waals surface area contributed by atoms with E-state index in [1.165, 1.54) is 13.3 Å². The predicted molar refractivity (Wildman–Crippen MR) is 102 cm³/mol. The molecule has 2 aromatic rings. The number of hydrogen-bond donors (Lipinski definition) is 2. The highest BCUT2D eigenvalue weighted by Crippen LogP contribution is 2.21. The Bertz CT molecular complexity index is 825. The zero-order valence-corrected chi connectivity index (χ0v) is 15.9. The molecule has 144 valence electrons. The maximum Gasteiger partial charge on any atom is 0.329 e. The van der Waals surface area contributed by atoms with E-state index in [2.05, 4.69) is 20.4 Å². The monoisotopic (exact) mass is 372 g/mol. The van der Waals surface area contributed by atoms with Crippen molar-refractivity contribution in [3.8, 4) is 11.4 Å². The first-order valence-corrected chi connectivity index (χ1v) is 8.41. The van der Waals surface area contributed by atoms with Crippen LogP contribution in [0.4, 0.5) is 0 Å². The summed E-state index contributed by atoms with van der Waals surface area (Å²) in [5.41, 5.74) is 6.02. The fourth-order valence-corrected chi connectivity index (χ4v) is 2.61. The highest BCUT2D eigenvalue weighted by atomic mass is 16.5. The van der Waals surface area contributed by atoms with Crippen LogP contribution in [0.3, 0.4) is 0 Å². The quantitative estimate of drug-likeness (QED) is 0.332. The summed E-state index contributed by atoms with van der Waals surface area (Å²) in [5.74, 6) is -0.797. The molecule has 0 saturated heterocycles. The second kappa shape index (κ2) is 9.54. The van der Waals surface area contributed by atoms with Gasteiger partial charge in [0.15, 0.2) is 0 Å². The second-order valence-electron chi connectivity index (χ2n) is 5.81. The molecule has 2 N–H and O–H groups in total. The van der Waals surface area contributed by atoms with Gasteiger partial charge in [0.25, 0.3) is 0 Å². The minimum absolute atomic E-state index is 0.259. The number of benzene rings is 1. The van der Waals surface area contributed by atoms with Gasteiger partial charge < -0.3 is 19.4 Å². The van der Waals surface area contributed by atoms with Crippen molar-refractivity contribution in [1.29, 1.82) is 0 Å². The molecule has 1 aromatic heterocycles. The summed E-state index contributed by atoms with van der Waals surface area (Å²) >= 11 is 0. The summed E-state index contributed by atoms with van der Waals surface area (Å²) in [5, 5.41) is 6.30. The normalized spacial score (nSPS) is 10.8. The first kappa shape index (κ1) is 20.2. The van der Waals surface area contributed by atoms with Gasteiger partial charge >= 0.3 is 11.8 Å². The van der Waals surface area contributed by atoms with Gasteiger partial charge in [0.1, 0.15) is 5.75 Å². The van der Waals surface area contributed by atoms with Crippen LogP contribution < -0.4 is 15.5 Å². The Kier molecular flexibility index (Phi) is 7.13. The number of amides is 2. The van der Waals surface area contributed by atoms with Gasteiger partial charge in [0.05, 0.1) is 19.9 Å². The molecule has 0 aliphatic carbocycles. The molecule has 2 rings (SSSR count). The van der Waals surface area contributed by atoms with Gasteiger partial charge in [0.2, 0.25) is 0 Å². The summed E-state index contributed by atoms with van der Waals surface area (Å²) in [4.78, 5) is 23.2. The van der Waals surface area contributed by atoms with Crippen molar-refractivity contribution in [3.05, 3.63) is 47.3 Å². The molecule has 8 nitrogen and oxygen atoms in total. The van der Waals surface area contributed by atoms with Crippen LogP contribution in [0.5, 0.6) is 5.75 Å². The summed E-state index contributed by atoms with van der Waals surface area (Å²) in [7, 11) is 3.14. The van der Waals surface area contributed by atoms with Crippen molar-refractivity contribution in [2.75, 3.05) is 27.4 Å². The van der Waals surface area contributed by atoms with E-state index in [4.69, 9.17) is 9.47 Å². The Morgan fingerprint density at radius 3 is 2.48 bits per heavy atom. The van der Waals surface area contributed by atoms with Crippen LogP contribution in [0.1, 0.15) is 17.0 Å². The fraction of sp³-hybridized carbons (Fsp3) is 0.316. The highest BCUT2D eigenvalue weighted by molar-refractivity contribution is 6.35. The largest absolute Gasteiger partial charge is 0.497 e. The summed E-state index contributed by atoms with van der Waals surface area (Å²) in [6, 6.07) is 9.67. The Morgan fingerprint density at radius 2 is 1.85 bits per heavy atom. The number of hydrogen-bond acceptors (Lipinski definition) is 5. The lowest BCUT2D eigenvalue weighted by Crippen LogP contribution is -2.39. The van der Waals surface area contributed by atoms with Gasteiger partial charge in [-0.05, 0) is 44.2 Å². The lowest BCUT2D eigenvalue weighted by Gasteiger charge is -2.10. The number of carbonyl (C=O) groups excluding carboxylic acids is 2. The van der Waals surface area contributed by atoms with Gasteiger partial charge in [-0.25, -0.2) is 5.43 Å². The van der Waals surface area contributed by atoms with E-state index in [1.54, 1.807) is 7.11 Å². The van der Waals surface area contributed by atoms with Crippen molar-refractivity contribution in [2.24, 2.45) is 5.10 Å². The molecule has 8 heteroatoms. The summed E-state index contributed by atoms with van der Waals surface area (Å²) in [6.07, 6.45) is 1.52. The number of rotatable bonds is 7. The zero-order valence-electron chi connectivity index (χ0n) is 15.9. The van der Waals surface area contributed by atoms with Crippen LogP contribution in [0.25, 0.3) is 5.69 Å². The standard InChI is InChI=1S/C19H24N4O4/c1-13-11-15(12-21-22-19(25)18(24)20-9-10-26-3)14(2)23(13)16-5-7-17(27-4)8-6-16/h5-8,11-12H,9-10H2,1-4H3,(H,20,24)(H,22,25)/b21-12-. The molecule has 1 aromatic carbocycles. The summed E-state index contributed by atoms with van der Waals surface area (Å²) < 4.78 is 12.1. The third-order valence-electron chi connectivity index (χ3n) is 3.97. The number of ether oxygens (including phenoxy) is 2. The maximum atomic E-state index is 11.7. The van der Waals surface area contributed by atoms with Gasteiger partial charge in [-0.15, -0.1) is 0 Å². The van der Waals surface area contributed by atoms with Crippen molar-refractivity contribution in [3.63, 3.8) is 0 Å². The van der Waals surface area contributed by atoms with Crippen molar-refractivity contribution >= 4 is 18.0 Å². The first-order chi connectivity index (χ1) is 13.0. The molecule has 0 atom stereocenters. The van der Waals surface area contributed by atoms with Crippen LogP contribution in [-0.4, -0.2) is 50.0 Å². The van der Waals surface area contributed by atoms with E-state index < -0.39 is 11.8 Å². The number of hydrazone groups is 1. The topological polar surface area (TPSA) is 94.0 Å². The second-order valence-corrected chi connectivity index (χ2v) is 5.81. The van der Waals surface area contributed by atoms with Gasteiger partial charge in [-0.1, -0.05) is 0 Å². The van der Waals surface area contributed by atoms with Crippen molar-refractivity contribution < 1.29 is 19.1 Å². The van der Waals surface area contributed by atoms with E-state index >= 15 is 0 Å². The van der Waals surface area contributed by atoms with Crippen LogP contribution in [-0.2, 0) is 14.3 Å². The lowest BCUT2D eigenvalue weighted by atomic mass is 10.2. The minimum atomic E-state index is -0.827. The molecule has 0 bridgehead atoms. The molecule has 0 aliphatic rings. The number of carbonyl (C=O) groups is 2. The van der Waals surface area contributed by atoms with Crippen molar-refractivity contribution in [1.82, 2.24) is 15.3 Å². The van der Waals surface area contributed by atoms with Crippen LogP contribution in [0.2, 0.25) is 0 Å². The minimum Gasteiger partial charge on any atom is -0.497 e.